The molecule has 0 spiro atoms. The fourth-order valence-electron chi connectivity index (χ4n) is 11.3. The van der Waals surface area contributed by atoms with Crippen LogP contribution in [0.4, 0.5) is 0 Å². The molecular weight excluding hydrogens is 1220 g/mol. The van der Waals surface area contributed by atoms with E-state index in [4.69, 9.17) is 8.83 Å². The number of fused-ring (bicyclic) bond motifs is 2. The van der Waals surface area contributed by atoms with Crippen molar-refractivity contribution in [2.75, 3.05) is 0 Å². The van der Waals surface area contributed by atoms with Gasteiger partial charge >= 0.3 is 0 Å². The third-order valence-electron chi connectivity index (χ3n) is 16.2. The molecule has 96 heavy (non-hydrogen) atoms. The highest BCUT2D eigenvalue weighted by Gasteiger charge is 2.43. The van der Waals surface area contributed by atoms with Crippen LogP contribution in [0.25, 0.3) is 56.7 Å². The number of phenols is 14. The smallest absolute Gasteiger partial charge is 0.189 e. The molecule has 0 fully saturated rings. The molecule has 1 aliphatic rings. The van der Waals surface area contributed by atoms with Crippen LogP contribution in [0.15, 0.2) is 202 Å². The van der Waals surface area contributed by atoms with E-state index in [1.165, 1.54) is 115 Å². The maximum Gasteiger partial charge on any atom is 0.189 e. The summed E-state index contributed by atoms with van der Waals surface area (Å²) >= 11 is 0. The Hall–Kier alpha value is -12.2. The monoisotopic (exact) mass is 1300 g/mol. The second kappa shape index (κ2) is 28.8. The maximum absolute atomic E-state index is 14.7. The lowest BCUT2D eigenvalue weighted by atomic mass is 9.65. The molecule has 11 rings (SSSR count). The molecule has 0 radical (unpaired) electrons. The number of Topliss-reactive ketones (excluding diaryl/α,β-unsaturated/α-hetero) is 1. The first-order chi connectivity index (χ1) is 45.5. The molecule has 0 aliphatic heterocycles. The van der Waals surface area contributed by atoms with Gasteiger partial charge in [0.25, 0.3) is 0 Å². The molecule has 0 unspecified atom stereocenters. The van der Waals surface area contributed by atoms with Gasteiger partial charge in [-0.1, -0.05) is 59.2 Å². The molecule has 0 amide bonds. The zero-order chi connectivity index (χ0) is 69.6. The largest absolute Gasteiger partial charge is 0.508 e. The van der Waals surface area contributed by atoms with Crippen molar-refractivity contribution in [2.24, 2.45) is 5.92 Å². The van der Waals surface area contributed by atoms with Gasteiger partial charge in [0.15, 0.2) is 11.6 Å². The van der Waals surface area contributed by atoms with Crippen LogP contribution in [0.5, 0.6) is 80.5 Å². The lowest BCUT2D eigenvalue weighted by molar-refractivity contribution is 0.0876. The minimum absolute atomic E-state index is 0.0255. The molecule has 10 aromatic rings. The number of hydrogen-bond acceptors (Lipinski definition) is 18. The number of allylic oxidation sites excluding steroid dienone is 9. The van der Waals surface area contributed by atoms with Crippen LogP contribution in [-0.4, -0.2) is 83.1 Å². The Kier molecular flexibility index (Phi) is 20.4. The van der Waals surface area contributed by atoms with E-state index >= 15 is 0 Å². The fourth-order valence-corrected chi connectivity index (χ4v) is 11.3. The second-order valence-corrected chi connectivity index (χ2v) is 24.0. The number of aromatic hydroxyl groups is 14. The first kappa shape index (κ1) is 68.2. The number of carbonyl (C=O) groups excluding carboxylic acids is 2. The van der Waals surface area contributed by atoms with Gasteiger partial charge in [0.2, 0.25) is 0 Å². The Bertz CT molecular complexity index is 4780. The van der Waals surface area contributed by atoms with Gasteiger partial charge in [0.05, 0.1) is 16.7 Å². The predicted molar refractivity (Wildman–Crippen MR) is 368 cm³/mol. The number of rotatable bonds is 15. The van der Waals surface area contributed by atoms with Crippen LogP contribution in [0.1, 0.15) is 114 Å². The average molecular weight is 1300 g/mol. The molecule has 8 aromatic carbocycles. The van der Waals surface area contributed by atoms with Crippen molar-refractivity contribution < 1.29 is 89.9 Å². The van der Waals surface area contributed by atoms with Gasteiger partial charge < -0.3 is 80.3 Å². The van der Waals surface area contributed by atoms with Gasteiger partial charge in [0, 0.05) is 86.2 Å². The Morgan fingerprint density at radius 2 is 0.958 bits per heavy atom. The summed E-state index contributed by atoms with van der Waals surface area (Å²) in [6.45, 7) is 15.0. The van der Waals surface area contributed by atoms with E-state index in [9.17, 15) is 81.1 Å². The van der Waals surface area contributed by atoms with Crippen LogP contribution in [0.3, 0.4) is 0 Å². The highest BCUT2D eigenvalue weighted by Crippen LogP contribution is 2.54. The third kappa shape index (κ3) is 15.5. The molecule has 0 bridgehead atoms. The van der Waals surface area contributed by atoms with Crippen molar-refractivity contribution in [3.05, 3.63) is 237 Å². The number of carbonyl (C=O) groups is 2. The zero-order valence-electron chi connectivity index (χ0n) is 53.2. The van der Waals surface area contributed by atoms with Crippen LogP contribution in [0.2, 0.25) is 0 Å². The minimum atomic E-state index is -1.06. The molecule has 2 aromatic heterocycles. The summed E-state index contributed by atoms with van der Waals surface area (Å²) in [4.78, 5) is 27.0. The molecule has 18 heteroatoms. The lowest BCUT2D eigenvalue weighted by Gasteiger charge is -2.37. The van der Waals surface area contributed by atoms with Gasteiger partial charge in [-0.3, -0.25) is 9.59 Å². The van der Waals surface area contributed by atoms with Gasteiger partial charge in [-0.05, 0) is 188 Å². The molecule has 0 saturated heterocycles. The number of ketones is 2. The summed E-state index contributed by atoms with van der Waals surface area (Å²) in [6.07, 6.45) is 12.2. The Labute approximate surface area is 552 Å². The van der Waals surface area contributed by atoms with Gasteiger partial charge in [-0.25, -0.2) is 0 Å². The van der Waals surface area contributed by atoms with Crippen molar-refractivity contribution >= 4 is 45.7 Å². The minimum Gasteiger partial charge on any atom is -0.508 e. The molecule has 14 N–H and O–H groups in total. The first-order valence-corrected chi connectivity index (χ1v) is 30.3. The Morgan fingerprint density at radius 1 is 0.490 bits per heavy atom. The summed E-state index contributed by atoms with van der Waals surface area (Å²) in [5, 5.41) is 146. The normalized spacial score (nSPS) is 14.4. The van der Waals surface area contributed by atoms with Crippen molar-refractivity contribution in [2.45, 2.75) is 72.6 Å². The van der Waals surface area contributed by atoms with Gasteiger partial charge in [0.1, 0.15) is 103 Å². The Morgan fingerprint density at radius 3 is 1.46 bits per heavy atom. The van der Waals surface area contributed by atoms with E-state index in [0.29, 0.717) is 68.7 Å². The van der Waals surface area contributed by atoms with E-state index in [2.05, 4.69) is 6.58 Å². The summed E-state index contributed by atoms with van der Waals surface area (Å²) in [7, 11) is 0. The highest BCUT2D eigenvalue weighted by atomic mass is 16.3. The van der Waals surface area contributed by atoms with E-state index in [-0.39, 0.29) is 115 Å². The highest BCUT2D eigenvalue weighted by molar-refractivity contribution is 6.09. The second-order valence-electron chi connectivity index (χ2n) is 24.0. The van der Waals surface area contributed by atoms with Crippen LogP contribution < -0.4 is 0 Å². The van der Waals surface area contributed by atoms with Crippen molar-refractivity contribution in [1.29, 1.82) is 0 Å². The lowest BCUT2D eigenvalue weighted by Crippen LogP contribution is -2.31. The molecule has 0 saturated carbocycles. The number of benzene rings is 8. The molecule has 3 atom stereocenters. The van der Waals surface area contributed by atoms with Crippen molar-refractivity contribution in [3.8, 4) is 103 Å². The van der Waals surface area contributed by atoms with Gasteiger partial charge in [-0.15, -0.1) is 0 Å². The van der Waals surface area contributed by atoms with Crippen LogP contribution in [0, 0.1) is 5.92 Å². The quantitative estimate of drug-likeness (QED) is 0.0196. The number of furan rings is 2. The fraction of sp³-hybridized carbons (Fsp3) is 0.154. The third-order valence-corrected chi connectivity index (χ3v) is 16.2. The summed E-state index contributed by atoms with van der Waals surface area (Å²) in [6, 6.07) is 32.4. The van der Waals surface area contributed by atoms with Crippen molar-refractivity contribution in [1.82, 2.24) is 0 Å². The standard InChI is InChI=1S/C39H36O9.C20H20O5.C19H16O4/c1-19(2)4-8-26-30(42)11-10-27(38(26)46)39(47)36-28(25-9-7-23(40)17-31(25)43)12-20(3)13-29(36)37-32(44)14-22(15-33(37)45)34-16-21-5-6-24(41)18-35(21)48-34;1-12(2)3-7-15-18(23)10-8-16(20(15)25)17(22)9-5-13-4-6-14(21)11-19(13)24;1-11(2)3-6-15-16(21)7-13(8-17(15)22)18-9-12-4-5-14(20)10-19(12)23-18/h4-7,9-11,13-18,28-29,36,40-46H,8,12H2,1-3H3;3-6,8-11,21,23-25H,7H2,1-2H3;3-10,20-22H,1H2,2H3/b;9-5+;6-3+/t28-,29+,36-;;/m1../s1. The van der Waals surface area contributed by atoms with Crippen molar-refractivity contribution in [3.63, 3.8) is 0 Å². The predicted octanol–water partition coefficient (Wildman–Crippen LogP) is 17.0. The molecule has 2 heterocycles. The zero-order valence-corrected chi connectivity index (χ0v) is 53.2. The molecule has 492 valence electrons. The SMILES string of the molecule is C=C(C)/C=C/c1c(O)cc(-c2cc3ccc(O)cc3o2)cc1O.CC(C)=CCc1c(O)ccc(C(=O)/C=C/c2ccc(O)cc2O)c1O.CC(C)=CCc1c(O)ccc(C(=O)[C@H]2[C@@H](c3c(O)cc(-c4cc5ccc(O)cc5o4)cc3O)C=C(C)C[C@@H]2c2ccc(O)cc2O)c1O. The average Bonchev–Trinajstić information content (AvgIpc) is 0.794. The summed E-state index contributed by atoms with van der Waals surface area (Å²) in [5.74, 6) is -4.99. The first-order valence-electron chi connectivity index (χ1n) is 30.3. The summed E-state index contributed by atoms with van der Waals surface area (Å²) < 4.78 is 11.6. The topological polar surface area (TPSA) is 344 Å². The number of hydrogen-bond donors (Lipinski definition) is 14. The van der Waals surface area contributed by atoms with E-state index in [1.807, 2.05) is 53.7 Å². The van der Waals surface area contributed by atoms with Gasteiger partial charge in [-0.2, -0.15) is 0 Å². The molecule has 18 nitrogen and oxygen atoms in total. The molecule has 1 aliphatic carbocycles. The van der Waals surface area contributed by atoms with E-state index in [0.717, 1.165) is 27.7 Å². The van der Waals surface area contributed by atoms with E-state index in [1.54, 1.807) is 48.6 Å². The van der Waals surface area contributed by atoms with Crippen LogP contribution >= 0.6 is 0 Å². The number of phenolic OH excluding ortho intramolecular Hbond substituents is 14. The maximum atomic E-state index is 14.7. The Balaban J connectivity index is 0.000000189. The molecular formula is C78H72O18. The van der Waals surface area contributed by atoms with Crippen LogP contribution in [-0.2, 0) is 12.8 Å². The summed E-state index contributed by atoms with van der Waals surface area (Å²) in [5.41, 5.74) is 7.04. The van der Waals surface area contributed by atoms with E-state index < -0.39 is 29.3 Å².